The summed E-state index contributed by atoms with van der Waals surface area (Å²) in [7, 11) is -0.252. The van der Waals surface area contributed by atoms with E-state index < -0.39 is 9.84 Å². The summed E-state index contributed by atoms with van der Waals surface area (Å²) in [5.74, 6) is 0.772. The first-order chi connectivity index (χ1) is 15.6. The molecular formula is C23H27N3O6S. The van der Waals surface area contributed by atoms with E-state index in [-0.39, 0.29) is 28.8 Å². The number of hydrogen-bond acceptors (Lipinski definition) is 7. The smallest absolute Gasteiger partial charge is 0.261 e. The number of carbonyl (C=O) groups excluding carboxylic acids is 1. The Bertz CT molecular complexity index is 1320. The third-order valence-electron chi connectivity index (χ3n) is 5.32. The van der Waals surface area contributed by atoms with Crippen molar-refractivity contribution in [2.45, 2.75) is 37.2 Å². The van der Waals surface area contributed by atoms with Gasteiger partial charge in [-0.05, 0) is 37.1 Å². The molecule has 33 heavy (non-hydrogen) atoms. The number of aromatic nitrogens is 2. The molecule has 2 aromatic carbocycles. The summed E-state index contributed by atoms with van der Waals surface area (Å²) < 4.78 is 35.1. The highest BCUT2D eigenvalue weighted by atomic mass is 32.2. The van der Waals surface area contributed by atoms with Gasteiger partial charge in [-0.3, -0.25) is 14.2 Å². The van der Waals surface area contributed by atoms with E-state index in [0.717, 1.165) is 11.8 Å². The van der Waals surface area contributed by atoms with Gasteiger partial charge in [0.25, 0.3) is 5.56 Å². The van der Waals surface area contributed by atoms with Gasteiger partial charge in [0.05, 0.1) is 42.4 Å². The molecule has 0 saturated heterocycles. The van der Waals surface area contributed by atoms with Gasteiger partial charge in [0.2, 0.25) is 5.91 Å². The first-order valence-corrected chi connectivity index (χ1v) is 12.2. The fourth-order valence-electron chi connectivity index (χ4n) is 3.46. The minimum Gasteiger partial charge on any atom is -0.493 e. The zero-order chi connectivity index (χ0) is 24.2. The van der Waals surface area contributed by atoms with Gasteiger partial charge in [0, 0.05) is 25.3 Å². The molecule has 0 fully saturated rings. The predicted molar refractivity (Wildman–Crippen MR) is 124 cm³/mol. The minimum absolute atomic E-state index is 0.164. The maximum atomic E-state index is 12.8. The molecule has 0 aliphatic carbocycles. The predicted octanol–water partition coefficient (Wildman–Crippen LogP) is 2.47. The number of rotatable bonds is 9. The van der Waals surface area contributed by atoms with Crippen molar-refractivity contribution in [3.63, 3.8) is 0 Å². The minimum atomic E-state index is -3.27. The zero-order valence-electron chi connectivity index (χ0n) is 19.0. The Balaban J connectivity index is 1.61. The number of benzene rings is 2. The molecule has 1 aromatic heterocycles. The number of hydrogen-bond donors (Lipinski definition) is 1. The van der Waals surface area contributed by atoms with Crippen LogP contribution in [0, 0.1) is 0 Å². The summed E-state index contributed by atoms with van der Waals surface area (Å²) in [4.78, 5) is 29.7. The lowest BCUT2D eigenvalue weighted by atomic mass is 10.1. The van der Waals surface area contributed by atoms with Crippen LogP contribution < -0.4 is 20.3 Å². The molecule has 1 unspecified atom stereocenters. The molecule has 0 saturated carbocycles. The van der Waals surface area contributed by atoms with Gasteiger partial charge < -0.3 is 14.8 Å². The van der Waals surface area contributed by atoms with Crippen LogP contribution in [-0.4, -0.2) is 44.4 Å². The van der Waals surface area contributed by atoms with Gasteiger partial charge in [-0.15, -0.1) is 0 Å². The molecule has 0 radical (unpaired) electrons. The fourth-order valence-corrected chi connectivity index (χ4v) is 4.09. The number of methoxy groups -OCH3 is 2. The molecule has 0 spiro atoms. The first-order valence-electron chi connectivity index (χ1n) is 10.3. The van der Waals surface area contributed by atoms with Crippen LogP contribution in [0.3, 0.4) is 0 Å². The Labute approximate surface area is 192 Å². The van der Waals surface area contributed by atoms with Crippen molar-refractivity contribution >= 4 is 26.6 Å². The molecule has 1 amide bonds. The second kappa shape index (κ2) is 10.0. The Hall–Kier alpha value is -3.40. The van der Waals surface area contributed by atoms with Crippen LogP contribution in [0.4, 0.5) is 0 Å². The van der Waals surface area contributed by atoms with Crippen LogP contribution in [0.15, 0.2) is 52.4 Å². The molecule has 0 aliphatic heterocycles. The van der Waals surface area contributed by atoms with Crippen LogP contribution >= 0.6 is 0 Å². The van der Waals surface area contributed by atoms with Crippen LogP contribution in [0.5, 0.6) is 11.5 Å². The van der Waals surface area contributed by atoms with Crippen molar-refractivity contribution < 1.29 is 22.7 Å². The van der Waals surface area contributed by atoms with E-state index in [4.69, 9.17) is 9.47 Å². The van der Waals surface area contributed by atoms with Gasteiger partial charge in [-0.25, -0.2) is 13.4 Å². The summed E-state index contributed by atoms with van der Waals surface area (Å²) >= 11 is 0. The normalized spacial score (nSPS) is 12.4. The summed E-state index contributed by atoms with van der Waals surface area (Å²) in [6, 6.07) is 9.39. The van der Waals surface area contributed by atoms with Gasteiger partial charge in [0.15, 0.2) is 21.3 Å². The van der Waals surface area contributed by atoms with Crippen molar-refractivity contribution in [1.29, 1.82) is 0 Å². The number of nitrogens with zero attached hydrogens (tertiary/aromatic N) is 2. The SMILES string of the molecule is COc1cc2ncn(CCCC(=O)NC(C)c3ccc(S(C)(=O)=O)cc3)c(=O)c2cc1OC. The lowest BCUT2D eigenvalue weighted by molar-refractivity contribution is -0.121. The van der Waals surface area contributed by atoms with E-state index in [1.807, 2.05) is 6.92 Å². The highest BCUT2D eigenvalue weighted by Crippen LogP contribution is 2.29. The van der Waals surface area contributed by atoms with Crippen LogP contribution in [0.2, 0.25) is 0 Å². The molecule has 10 heteroatoms. The number of fused-ring (bicyclic) bond motifs is 1. The molecule has 3 rings (SSSR count). The highest BCUT2D eigenvalue weighted by molar-refractivity contribution is 7.90. The van der Waals surface area contributed by atoms with Crippen molar-refractivity contribution in [3.05, 3.63) is 58.6 Å². The Morgan fingerprint density at radius 2 is 1.76 bits per heavy atom. The molecule has 3 aromatic rings. The standard InChI is InChI=1S/C23H27N3O6S/c1-15(16-7-9-17(10-8-16)33(4,29)30)25-22(27)6-5-11-26-14-24-19-13-21(32-3)20(31-2)12-18(19)23(26)28/h7-10,12-15H,5-6,11H2,1-4H3,(H,25,27). The number of sulfone groups is 1. The van der Waals surface area contributed by atoms with Crippen LogP contribution in [0.1, 0.15) is 31.4 Å². The van der Waals surface area contributed by atoms with Gasteiger partial charge in [-0.1, -0.05) is 12.1 Å². The van der Waals surface area contributed by atoms with Crippen molar-refractivity contribution in [3.8, 4) is 11.5 Å². The van der Waals surface area contributed by atoms with Gasteiger partial charge in [-0.2, -0.15) is 0 Å². The number of carbonyl (C=O) groups is 1. The number of ether oxygens (including phenoxy) is 2. The van der Waals surface area contributed by atoms with Crippen molar-refractivity contribution in [2.24, 2.45) is 0 Å². The van der Waals surface area contributed by atoms with Crippen LogP contribution in [0.25, 0.3) is 10.9 Å². The maximum Gasteiger partial charge on any atom is 0.261 e. The average Bonchev–Trinajstić information content (AvgIpc) is 2.79. The van der Waals surface area contributed by atoms with E-state index in [1.54, 1.807) is 24.3 Å². The Kier molecular flexibility index (Phi) is 7.37. The molecule has 1 heterocycles. The average molecular weight is 474 g/mol. The molecular weight excluding hydrogens is 446 g/mol. The van der Waals surface area contributed by atoms with Crippen LogP contribution in [-0.2, 0) is 21.2 Å². The Morgan fingerprint density at radius 3 is 2.36 bits per heavy atom. The van der Waals surface area contributed by atoms with Crippen molar-refractivity contribution in [1.82, 2.24) is 14.9 Å². The van der Waals surface area contributed by atoms with E-state index in [2.05, 4.69) is 10.3 Å². The zero-order valence-corrected chi connectivity index (χ0v) is 19.8. The summed E-state index contributed by atoms with van der Waals surface area (Å²) in [6.45, 7) is 2.16. The van der Waals surface area contributed by atoms with E-state index in [9.17, 15) is 18.0 Å². The third kappa shape index (κ3) is 5.70. The molecule has 9 nitrogen and oxygen atoms in total. The maximum absolute atomic E-state index is 12.8. The summed E-state index contributed by atoms with van der Waals surface area (Å²) in [5, 5.41) is 3.30. The quantitative estimate of drug-likeness (QED) is 0.507. The van der Waals surface area contributed by atoms with Gasteiger partial charge >= 0.3 is 0 Å². The molecule has 176 valence electrons. The van der Waals surface area contributed by atoms with E-state index >= 15 is 0 Å². The number of nitrogens with one attached hydrogen (secondary N) is 1. The molecule has 1 N–H and O–H groups in total. The fraction of sp³-hybridized carbons (Fsp3) is 0.348. The molecule has 0 aliphatic rings. The third-order valence-corrected chi connectivity index (χ3v) is 6.45. The molecule has 1 atom stereocenters. The van der Waals surface area contributed by atoms with E-state index in [0.29, 0.717) is 35.4 Å². The second-order valence-electron chi connectivity index (χ2n) is 7.70. The summed E-state index contributed by atoms with van der Waals surface area (Å²) in [6.07, 6.45) is 3.28. The number of aryl methyl sites for hydroxylation is 1. The number of amides is 1. The monoisotopic (exact) mass is 473 g/mol. The first kappa shape index (κ1) is 24.2. The summed E-state index contributed by atoms with van der Waals surface area (Å²) in [5.41, 5.74) is 1.08. The second-order valence-corrected chi connectivity index (χ2v) is 9.72. The highest BCUT2D eigenvalue weighted by Gasteiger charge is 2.13. The van der Waals surface area contributed by atoms with Gasteiger partial charge in [0.1, 0.15) is 0 Å². The topological polar surface area (TPSA) is 117 Å². The largest absolute Gasteiger partial charge is 0.493 e. The lowest BCUT2D eigenvalue weighted by Crippen LogP contribution is -2.27. The van der Waals surface area contributed by atoms with E-state index in [1.165, 1.54) is 37.2 Å². The lowest BCUT2D eigenvalue weighted by Gasteiger charge is -2.15. The molecule has 0 bridgehead atoms. The Morgan fingerprint density at radius 1 is 1.12 bits per heavy atom. The van der Waals surface area contributed by atoms with Crippen molar-refractivity contribution in [2.75, 3.05) is 20.5 Å².